The Labute approximate surface area is 158 Å². The highest BCUT2D eigenvalue weighted by Crippen LogP contribution is 2.19. The van der Waals surface area contributed by atoms with Crippen LogP contribution in [0.1, 0.15) is 11.3 Å². The summed E-state index contributed by atoms with van der Waals surface area (Å²) >= 11 is 0. The molecule has 146 valence electrons. The first-order chi connectivity index (χ1) is 13.0. The molecule has 1 aromatic carbocycles. The van der Waals surface area contributed by atoms with Crippen LogP contribution in [0.4, 0.5) is 4.79 Å². The zero-order chi connectivity index (χ0) is 19.2. The Morgan fingerprint density at radius 1 is 1.37 bits per heavy atom. The van der Waals surface area contributed by atoms with Gasteiger partial charge in [-0.05, 0) is 30.2 Å². The number of hydrogen-bond acceptors (Lipinski definition) is 6. The molecule has 0 bridgehead atoms. The van der Waals surface area contributed by atoms with E-state index in [4.69, 9.17) is 9.47 Å². The second-order valence-electron chi connectivity index (χ2n) is 6.66. The summed E-state index contributed by atoms with van der Waals surface area (Å²) in [7, 11) is 3.48. The van der Waals surface area contributed by atoms with Crippen molar-refractivity contribution in [3.05, 3.63) is 47.8 Å². The Morgan fingerprint density at radius 2 is 2.15 bits per heavy atom. The number of methoxy groups -OCH3 is 1. The quantitative estimate of drug-likeness (QED) is 0.658. The maximum atomic E-state index is 12.1. The topological polar surface area (TPSA) is 97.6 Å². The number of aliphatic hydroxyl groups excluding tert-OH is 1. The number of aliphatic hydroxyl groups is 1. The molecule has 8 heteroatoms. The summed E-state index contributed by atoms with van der Waals surface area (Å²) in [5, 5.41) is 20.4. The summed E-state index contributed by atoms with van der Waals surface area (Å²) in [5.41, 5.74) is 1.98. The SMILES string of the molecule is COc1ccc(C[C@H]2NC[C@H](O)[C@H]2OC(=O)NCCc2ccn(C)n2)cc1. The van der Waals surface area contributed by atoms with E-state index in [2.05, 4.69) is 15.7 Å². The molecule has 2 heterocycles. The van der Waals surface area contributed by atoms with Crippen LogP contribution in [0.3, 0.4) is 0 Å². The number of aryl methyl sites for hydroxylation is 1. The first-order valence-electron chi connectivity index (χ1n) is 9.02. The van der Waals surface area contributed by atoms with Gasteiger partial charge in [0, 0.05) is 32.8 Å². The molecule has 0 aliphatic carbocycles. The van der Waals surface area contributed by atoms with Gasteiger partial charge in [0.05, 0.1) is 18.8 Å². The predicted octanol–water partition coefficient (Wildman–Crippen LogP) is 0.641. The molecule has 1 saturated heterocycles. The molecule has 8 nitrogen and oxygen atoms in total. The van der Waals surface area contributed by atoms with E-state index in [0.29, 0.717) is 25.9 Å². The molecular weight excluding hydrogens is 348 g/mol. The van der Waals surface area contributed by atoms with Gasteiger partial charge >= 0.3 is 6.09 Å². The number of nitrogens with one attached hydrogen (secondary N) is 2. The van der Waals surface area contributed by atoms with E-state index in [1.54, 1.807) is 11.8 Å². The van der Waals surface area contributed by atoms with E-state index in [-0.39, 0.29) is 6.04 Å². The number of carbonyl (C=O) groups excluding carboxylic acids is 1. The number of amides is 1. The molecule has 1 fully saturated rings. The van der Waals surface area contributed by atoms with Crippen LogP contribution >= 0.6 is 0 Å². The molecule has 1 aliphatic heterocycles. The Hall–Kier alpha value is -2.58. The molecule has 0 saturated carbocycles. The lowest BCUT2D eigenvalue weighted by molar-refractivity contribution is 0.0191. The lowest BCUT2D eigenvalue weighted by Gasteiger charge is -2.22. The van der Waals surface area contributed by atoms with E-state index < -0.39 is 18.3 Å². The number of carbonyl (C=O) groups is 1. The molecule has 0 radical (unpaired) electrons. The lowest BCUT2D eigenvalue weighted by Crippen LogP contribution is -2.41. The van der Waals surface area contributed by atoms with Crippen LogP contribution in [0.2, 0.25) is 0 Å². The normalized spacial score (nSPS) is 21.8. The van der Waals surface area contributed by atoms with Crippen LogP contribution < -0.4 is 15.4 Å². The largest absolute Gasteiger partial charge is 0.497 e. The first-order valence-corrected chi connectivity index (χ1v) is 9.02. The summed E-state index contributed by atoms with van der Waals surface area (Å²) in [6.45, 7) is 0.821. The first kappa shape index (κ1) is 19.2. The van der Waals surface area contributed by atoms with E-state index in [1.807, 2.05) is 43.6 Å². The second-order valence-corrected chi connectivity index (χ2v) is 6.66. The zero-order valence-electron chi connectivity index (χ0n) is 15.6. The molecule has 0 unspecified atom stereocenters. The second kappa shape index (κ2) is 8.88. The highest BCUT2D eigenvalue weighted by molar-refractivity contribution is 5.67. The average molecular weight is 374 g/mol. The van der Waals surface area contributed by atoms with Crippen LogP contribution in [0.15, 0.2) is 36.5 Å². The summed E-state index contributed by atoms with van der Waals surface area (Å²) in [6, 6.07) is 9.48. The minimum atomic E-state index is -0.727. The van der Waals surface area contributed by atoms with Crippen LogP contribution in [0.25, 0.3) is 0 Å². The third kappa shape index (κ3) is 5.21. The molecule has 3 rings (SSSR count). The summed E-state index contributed by atoms with van der Waals surface area (Å²) in [6.07, 6.45) is 1.27. The summed E-state index contributed by atoms with van der Waals surface area (Å²) < 4.78 is 12.4. The fourth-order valence-corrected chi connectivity index (χ4v) is 3.19. The van der Waals surface area contributed by atoms with Crippen LogP contribution in [0, 0.1) is 0 Å². The van der Waals surface area contributed by atoms with Crippen molar-refractivity contribution < 1.29 is 19.4 Å². The Bertz CT molecular complexity index is 746. The Morgan fingerprint density at radius 3 is 2.81 bits per heavy atom. The molecule has 3 atom stereocenters. The monoisotopic (exact) mass is 374 g/mol. The van der Waals surface area contributed by atoms with Crippen molar-refractivity contribution in [3.8, 4) is 5.75 Å². The van der Waals surface area contributed by atoms with Gasteiger partial charge in [-0.2, -0.15) is 5.10 Å². The average Bonchev–Trinajstić information content (AvgIpc) is 3.22. The van der Waals surface area contributed by atoms with Crippen molar-refractivity contribution in [2.24, 2.45) is 7.05 Å². The van der Waals surface area contributed by atoms with E-state index in [0.717, 1.165) is 17.0 Å². The van der Waals surface area contributed by atoms with Gasteiger partial charge in [0.2, 0.25) is 0 Å². The summed E-state index contributed by atoms with van der Waals surface area (Å²) in [5.74, 6) is 0.790. The van der Waals surface area contributed by atoms with Crippen LogP contribution in [0.5, 0.6) is 5.75 Å². The number of ether oxygens (including phenoxy) is 2. The molecule has 3 N–H and O–H groups in total. The number of rotatable bonds is 7. The van der Waals surface area contributed by atoms with Gasteiger partial charge < -0.3 is 25.2 Å². The third-order valence-electron chi connectivity index (χ3n) is 4.64. The van der Waals surface area contributed by atoms with Gasteiger partial charge in [-0.25, -0.2) is 4.79 Å². The smallest absolute Gasteiger partial charge is 0.407 e. The molecule has 1 amide bonds. The van der Waals surface area contributed by atoms with Gasteiger partial charge in [0.1, 0.15) is 18.0 Å². The van der Waals surface area contributed by atoms with Gasteiger partial charge in [-0.1, -0.05) is 12.1 Å². The van der Waals surface area contributed by atoms with Crippen molar-refractivity contribution in [2.45, 2.75) is 31.1 Å². The van der Waals surface area contributed by atoms with Crippen LogP contribution in [-0.2, 0) is 24.6 Å². The van der Waals surface area contributed by atoms with Crippen molar-refractivity contribution >= 4 is 6.09 Å². The molecule has 1 aliphatic rings. The molecule has 1 aromatic heterocycles. The number of nitrogens with zero attached hydrogens (tertiary/aromatic N) is 2. The molecule has 2 aromatic rings. The number of benzene rings is 1. The van der Waals surface area contributed by atoms with E-state index in [9.17, 15) is 9.90 Å². The van der Waals surface area contributed by atoms with Crippen LogP contribution in [-0.4, -0.2) is 59.4 Å². The number of aromatic nitrogens is 2. The fraction of sp³-hybridized carbons (Fsp3) is 0.474. The summed E-state index contributed by atoms with van der Waals surface area (Å²) in [4.78, 5) is 12.1. The maximum absolute atomic E-state index is 12.1. The van der Waals surface area contributed by atoms with E-state index >= 15 is 0 Å². The van der Waals surface area contributed by atoms with Gasteiger partial charge in [0.15, 0.2) is 0 Å². The minimum Gasteiger partial charge on any atom is -0.497 e. The molecule has 27 heavy (non-hydrogen) atoms. The third-order valence-corrected chi connectivity index (χ3v) is 4.64. The highest BCUT2D eigenvalue weighted by atomic mass is 16.6. The number of alkyl carbamates (subject to hydrolysis) is 1. The fourth-order valence-electron chi connectivity index (χ4n) is 3.19. The van der Waals surface area contributed by atoms with Crippen molar-refractivity contribution in [3.63, 3.8) is 0 Å². The minimum absolute atomic E-state index is 0.144. The lowest BCUT2D eigenvalue weighted by atomic mass is 10.0. The molecular formula is C19H26N4O4. The Balaban J connectivity index is 1.49. The van der Waals surface area contributed by atoms with Gasteiger partial charge in [0.25, 0.3) is 0 Å². The van der Waals surface area contributed by atoms with E-state index in [1.165, 1.54) is 0 Å². The number of β-amino-alcohol motifs (C(OH)–C–C–N with tert-alkyl or cyclic N) is 1. The standard InChI is InChI=1S/C19H26N4O4/c1-23-10-8-14(22-23)7-9-20-19(25)27-18-16(21-12-17(18)24)11-13-3-5-15(26-2)6-4-13/h3-6,8,10,16-18,21,24H,7,9,11-12H2,1-2H3,(H,20,25)/t16-,17+,18+/m1/s1. The maximum Gasteiger partial charge on any atom is 0.407 e. The highest BCUT2D eigenvalue weighted by Gasteiger charge is 2.37. The number of hydrogen-bond donors (Lipinski definition) is 3. The van der Waals surface area contributed by atoms with Crippen molar-refractivity contribution in [2.75, 3.05) is 20.2 Å². The Kier molecular flexibility index (Phi) is 6.31. The molecule has 0 spiro atoms. The van der Waals surface area contributed by atoms with Gasteiger partial charge in [-0.15, -0.1) is 0 Å². The zero-order valence-corrected chi connectivity index (χ0v) is 15.6. The van der Waals surface area contributed by atoms with Crippen molar-refractivity contribution in [1.29, 1.82) is 0 Å². The van der Waals surface area contributed by atoms with Gasteiger partial charge in [-0.3, -0.25) is 4.68 Å². The van der Waals surface area contributed by atoms with Crippen molar-refractivity contribution in [1.82, 2.24) is 20.4 Å². The predicted molar refractivity (Wildman–Crippen MR) is 99.7 cm³/mol.